The van der Waals surface area contributed by atoms with Crippen LogP contribution < -0.4 is 0 Å². The molecule has 1 atom stereocenters. The molecule has 3 aromatic heterocycles. The second-order valence-corrected chi connectivity index (χ2v) is 15.9. The van der Waals surface area contributed by atoms with Gasteiger partial charge in [0.1, 0.15) is 11.2 Å². The van der Waals surface area contributed by atoms with E-state index in [1.54, 1.807) is 0 Å². The Morgan fingerprint density at radius 2 is 1.25 bits per heavy atom. The van der Waals surface area contributed by atoms with E-state index in [1.165, 1.54) is 27.2 Å². The summed E-state index contributed by atoms with van der Waals surface area (Å²) in [5.41, 5.74) is 13.0. The summed E-state index contributed by atoms with van der Waals surface area (Å²) in [7, 11) is 0. The molecule has 2 aliphatic rings. The Labute approximate surface area is 332 Å². The number of benzene rings is 7. The smallest absolute Gasteiger partial charge is 0.238 e. The number of aromatic nitrogens is 4. The zero-order valence-electron chi connectivity index (χ0n) is 30.6. The fourth-order valence-electron chi connectivity index (χ4n) is 8.77. The van der Waals surface area contributed by atoms with Crippen LogP contribution in [0.4, 0.5) is 0 Å². The minimum Gasteiger partial charge on any atom is -0.456 e. The molecule has 0 bridgehead atoms. The van der Waals surface area contributed by atoms with E-state index in [2.05, 4.69) is 138 Å². The summed E-state index contributed by atoms with van der Waals surface area (Å²) in [6.07, 6.45) is 7.86. The van der Waals surface area contributed by atoms with Crippen LogP contribution in [0.25, 0.3) is 100 Å². The van der Waals surface area contributed by atoms with E-state index in [4.69, 9.17) is 19.4 Å². The average molecular weight is 749 g/mol. The van der Waals surface area contributed by atoms with E-state index in [0.717, 1.165) is 72.4 Å². The highest BCUT2D eigenvalue weighted by Gasteiger charge is 2.30. The van der Waals surface area contributed by atoms with Gasteiger partial charge in [0.2, 0.25) is 5.95 Å². The van der Waals surface area contributed by atoms with E-state index in [1.807, 2.05) is 54.2 Å². The van der Waals surface area contributed by atoms with Gasteiger partial charge in [-0.3, -0.25) is 4.57 Å². The van der Waals surface area contributed by atoms with Gasteiger partial charge in [-0.1, -0.05) is 140 Å². The molecule has 268 valence electrons. The Kier molecular flexibility index (Phi) is 7.22. The predicted octanol–water partition coefficient (Wildman–Crippen LogP) is 13.4. The standard InChI is InChI=1S/C51H32N4OS/c1-2-13-31(14-3-1)49-52-50(34-27-28-39-38-18-5-8-24-43(38)56-44(39)30-34)54-51(53-49)55-42-23-7-4-17-37(42)40-22-11-21-36(48(40)55)33-16-10-15-32(29-33)35-20-12-26-46-47(35)41-19-6-9-25-45(41)57-46/h1-24,26-30,45H,25H2. The second-order valence-electron chi connectivity index (χ2n) is 14.7. The zero-order valence-corrected chi connectivity index (χ0v) is 31.4. The fraction of sp³-hybridized carbons (Fsp3) is 0.0392. The molecule has 6 heteroatoms. The van der Waals surface area contributed by atoms with Crippen LogP contribution in [0.2, 0.25) is 0 Å². The van der Waals surface area contributed by atoms with Crippen LogP contribution in [0.5, 0.6) is 0 Å². The van der Waals surface area contributed by atoms with Crippen molar-refractivity contribution in [2.45, 2.75) is 16.6 Å². The highest BCUT2D eigenvalue weighted by molar-refractivity contribution is 8.00. The lowest BCUT2D eigenvalue weighted by molar-refractivity contribution is 0.669. The van der Waals surface area contributed by atoms with E-state index in [-0.39, 0.29) is 0 Å². The molecule has 1 aliphatic heterocycles. The maximum Gasteiger partial charge on any atom is 0.238 e. The first-order valence-electron chi connectivity index (χ1n) is 19.3. The van der Waals surface area contributed by atoms with Gasteiger partial charge in [-0.2, -0.15) is 9.97 Å². The van der Waals surface area contributed by atoms with Crippen LogP contribution in [0.1, 0.15) is 12.0 Å². The first-order chi connectivity index (χ1) is 28.2. The van der Waals surface area contributed by atoms with Gasteiger partial charge in [-0.25, -0.2) is 4.98 Å². The Morgan fingerprint density at radius 3 is 2.16 bits per heavy atom. The van der Waals surface area contributed by atoms with Crippen LogP contribution in [0.3, 0.4) is 0 Å². The molecule has 1 aliphatic carbocycles. The zero-order chi connectivity index (χ0) is 37.5. The molecule has 0 fully saturated rings. The third kappa shape index (κ3) is 5.14. The minimum atomic E-state index is 0.477. The molecule has 57 heavy (non-hydrogen) atoms. The monoisotopic (exact) mass is 748 g/mol. The number of fused-ring (bicyclic) bond motifs is 9. The lowest BCUT2D eigenvalue weighted by Gasteiger charge is -2.16. The van der Waals surface area contributed by atoms with Crippen molar-refractivity contribution in [2.24, 2.45) is 0 Å². The van der Waals surface area contributed by atoms with E-state index in [9.17, 15) is 0 Å². The van der Waals surface area contributed by atoms with E-state index < -0.39 is 0 Å². The van der Waals surface area contributed by atoms with Crippen molar-refractivity contribution in [2.75, 3.05) is 0 Å². The van der Waals surface area contributed by atoms with Crippen molar-refractivity contribution in [3.05, 3.63) is 182 Å². The quantitative estimate of drug-likeness (QED) is 0.175. The van der Waals surface area contributed by atoms with Crippen molar-refractivity contribution in [1.29, 1.82) is 0 Å². The lowest BCUT2D eigenvalue weighted by Crippen LogP contribution is -2.07. The van der Waals surface area contributed by atoms with E-state index >= 15 is 0 Å². The first kappa shape index (κ1) is 32.2. The lowest BCUT2D eigenvalue weighted by atomic mass is 9.89. The summed E-state index contributed by atoms with van der Waals surface area (Å²) in [5, 5.41) is 4.90. The van der Waals surface area contributed by atoms with Crippen molar-refractivity contribution in [3.63, 3.8) is 0 Å². The van der Waals surface area contributed by atoms with Gasteiger partial charge in [0.05, 0.1) is 11.0 Å². The Bertz CT molecular complexity index is 3320. The number of thioether (sulfide) groups is 1. The van der Waals surface area contributed by atoms with Gasteiger partial charge in [0, 0.05) is 53.9 Å². The normalized spacial score (nSPS) is 14.7. The summed E-state index contributed by atoms with van der Waals surface area (Å²) in [6.45, 7) is 0. The molecule has 0 radical (unpaired) electrons. The summed E-state index contributed by atoms with van der Waals surface area (Å²) in [4.78, 5) is 17.0. The SMILES string of the molecule is C1=CCC2Sc3cccc(-c4cccc(-c5cccc6c7ccccc7n(-c7nc(-c8ccccc8)nc(-c8ccc9c(c8)oc8ccccc89)n7)c56)c4)c3C2=C1. The first-order valence-corrected chi connectivity index (χ1v) is 20.2. The molecule has 12 rings (SSSR count). The van der Waals surface area contributed by atoms with Gasteiger partial charge in [0.25, 0.3) is 0 Å². The molecule has 4 heterocycles. The van der Waals surface area contributed by atoms with Crippen molar-refractivity contribution >= 4 is 61.1 Å². The number of nitrogens with zero attached hydrogens (tertiary/aromatic N) is 4. The molecular weight excluding hydrogens is 717 g/mol. The molecule has 1 unspecified atom stereocenters. The van der Waals surface area contributed by atoms with Gasteiger partial charge < -0.3 is 4.42 Å². The maximum atomic E-state index is 6.32. The molecule has 7 aromatic carbocycles. The number of allylic oxidation sites excluding steroid dienone is 3. The van der Waals surface area contributed by atoms with Gasteiger partial charge >= 0.3 is 0 Å². The maximum absolute atomic E-state index is 6.32. The third-order valence-corrected chi connectivity index (χ3v) is 12.7. The highest BCUT2D eigenvalue weighted by atomic mass is 32.2. The van der Waals surface area contributed by atoms with E-state index in [0.29, 0.717) is 22.8 Å². The van der Waals surface area contributed by atoms with Gasteiger partial charge in [-0.05, 0) is 65.1 Å². The predicted molar refractivity (Wildman–Crippen MR) is 235 cm³/mol. The van der Waals surface area contributed by atoms with Crippen LogP contribution in [0, 0.1) is 0 Å². The van der Waals surface area contributed by atoms with Crippen LogP contribution in [-0.4, -0.2) is 24.8 Å². The second kappa shape index (κ2) is 12.8. The molecule has 0 saturated carbocycles. The van der Waals surface area contributed by atoms with Crippen LogP contribution in [0.15, 0.2) is 185 Å². The van der Waals surface area contributed by atoms with Gasteiger partial charge in [0.15, 0.2) is 11.6 Å². The van der Waals surface area contributed by atoms with Crippen LogP contribution in [-0.2, 0) is 0 Å². The summed E-state index contributed by atoms with van der Waals surface area (Å²) >= 11 is 1.99. The van der Waals surface area contributed by atoms with Gasteiger partial charge in [-0.15, -0.1) is 11.8 Å². The molecule has 0 N–H and O–H groups in total. The number of hydrogen-bond donors (Lipinski definition) is 0. The molecule has 0 amide bonds. The Balaban J connectivity index is 1.08. The number of furan rings is 1. The average Bonchev–Trinajstić information content (AvgIpc) is 3.96. The number of rotatable bonds is 5. The Hall–Kier alpha value is -7.02. The van der Waals surface area contributed by atoms with Crippen molar-refractivity contribution in [1.82, 2.24) is 19.5 Å². The van der Waals surface area contributed by atoms with Crippen LogP contribution >= 0.6 is 11.8 Å². The molecule has 0 spiro atoms. The summed E-state index contributed by atoms with van der Waals surface area (Å²) in [6, 6.07) is 55.4. The Morgan fingerprint density at radius 1 is 0.544 bits per heavy atom. The van der Waals surface area contributed by atoms with Crippen molar-refractivity contribution < 1.29 is 4.42 Å². The molecular formula is C51H32N4OS. The number of hydrogen-bond acceptors (Lipinski definition) is 5. The molecule has 10 aromatic rings. The minimum absolute atomic E-state index is 0.477. The summed E-state index contributed by atoms with van der Waals surface area (Å²) in [5.74, 6) is 1.74. The fourth-order valence-corrected chi connectivity index (χ4v) is 10.1. The largest absolute Gasteiger partial charge is 0.456 e. The third-order valence-electron chi connectivity index (χ3n) is 11.4. The number of para-hydroxylation sites is 3. The molecule has 5 nitrogen and oxygen atoms in total. The topological polar surface area (TPSA) is 56.7 Å². The molecule has 0 saturated heterocycles. The summed E-state index contributed by atoms with van der Waals surface area (Å²) < 4.78 is 8.55. The highest BCUT2D eigenvalue weighted by Crippen LogP contribution is 2.51. The van der Waals surface area contributed by atoms with Crippen molar-refractivity contribution in [3.8, 4) is 51.0 Å².